The van der Waals surface area contributed by atoms with E-state index in [-0.39, 0.29) is 18.0 Å². The number of amides is 1. The third-order valence-corrected chi connectivity index (χ3v) is 4.45. The largest absolute Gasteiger partial charge is 0.348 e. The van der Waals surface area contributed by atoms with Crippen molar-refractivity contribution >= 4 is 17.5 Å². The average Bonchev–Trinajstić information content (AvgIpc) is 2.56. The lowest BCUT2D eigenvalue weighted by molar-refractivity contribution is -0.126. The van der Waals surface area contributed by atoms with Gasteiger partial charge in [-0.15, -0.1) is 0 Å². The number of halogens is 1. The molecule has 0 aliphatic rings. The molecule has 2 aromatic carbocycles. The van der Waals surface area contributed by atoms with Crippen LogP contribution in [0.4, 0.5) is 0 Å². The van der Waals surface area contributed by atoms with E-state index in [0.29, 0.717) is 6.54 Å². The number of carbonyl (C=O) groups is 1. The molecule has 2 unspecified atom stereocenters. The summed E-state index contributed by atoms with van der Waals surface area (Å²) >= 11 is 6.19. The molecule has 0 aliphatic carbocycles. The Balaban J connectivity index is 1.95. The smallest absolute Gasteiger partial charge is 0.237 e. The quantitative estimate of drug-likeness (QED) is 0.867. The second-order valence-corrected chi connectivity index (χ2v) is 6.23. The van der Waals surface area contributed by atoms with E-state index in [0.717, 1.165) is 16.1 Å². The first-order chi connectivity index (χ1) is 11.0. The van der Waals surface area contributed by atoms with Crippen molar-refractivity contribution in [1.82, 2.24) is 10.2 Å². The molecule has 23 heavy (non-hydrogen) atoms. The number of nitrogens with one attached hydrogen (secondary N) is 1. The number of nitrogens with zero attached hydrogens (tertiary/aromatic N) is 1. The molecule has 0 aliphatic heterocycles. The lowest BCUT2D eigenvalue weighted by atomic mass is 10.1. The van der Waals surface area contributed by atoms with Gasteiger partial charge in [0.1, 0.15) is 0 Å². The van der Waals surface area contributed by atoms with Crippen LogP contribution in [0.3, 0.4) is 0 Å². The number of hydrogen-bond acceptors (Lipinski definition) is 2. The molecular weight excluding hydrogens is 308 g/mol. The summed E-state index contributed by atoms with van der Waals surface area (Å²) < 4.78 is 0. The maximum absolute atomic E-state index is 12.5. The Labute approximate surface area is 143 Å². The minimum atomic E-state index is -0.238. The van der Waals surface area contributed by atoms with E-state index < -0.39 is 0 Å². The van der Waals surface area contributed by atoms with Gasteiger partial charge < -0.3 is 5.32 Å². The van der Waals surface area contributed by atoms with E-state index in [1.807, 2.05) is 80.4 Å². The van der Waals surface area contributed by atoms with E-state index in [1.165, 1.54) is 0 Å². The number of likely N-dealkylation sites (N-methyl/N-ethyl adjacent to an activating group) is 1. The molecule has 0 fully saturated rings. The molecule has 0 aromatic heterocycles. The van der Waals surface area contributed by atoms with Crippen LogP contribution in [0.5, 0.6) is 0 Å². The minimum Gasteiger partial charge on any atom is -0.348 e. The first-order valence-electron chi connectivity index (χ1n) is 7.78. The van der Waals surface area contributed by atoms with Crippen molar-refractivity contribution in [3.05, 3.63) is 70.7 Å². The summed E-state index contributed by atoms with van der Waals surface area (Å²) in [5.74, 6) is 0.0101. The predicted molar refractivity (Wildman–Crippen MR) is 95.4 cm³/mol. The van der Waals surface area contributed by atoms with Crippen LogP contribution < -0.4 is 5.32 Å². The zero-order valence-electron chi connectivity index (χ0n) is 13.8. The van der Waals surface area contributed by atoms with Gasteiger partial charge >= 0.3 is 0 Å². The minimum absolute atomic E-state index is 0.0101. The van der Waals surface area contributed by atoms with Gasteiger partial charge in [-0.2, -0.15) is 0 Å². The molecule has 0 heterocycles. The van der Waals surface area contributed by atoms with E-state index >= 15 is 0 Å². The normalized spacial score (nSPS) is 13.6. The SMILES string of the molecule is CC(NC(=O)C(C)N(C)Cc1ccccc1Cl)c1ccccc1. The van der Waals surface area contributed by atoms with E-state index in [1.54, 1.807) is 0 Å². The topological polar surface area (TPSA) is 32.3 Å². The Morgan fingerprint density at radius 3 is 2.35 bits per heavy atom. The fourth-order valence-electron chi connectivity index (χ4n) is 2.39. The first-order valence-corrected chi connectivity index (χ1v) is 8.16. The third-order valence-electron chi connectivity index (χ3n) is 4.08. The van der Waals surface area contributed by atoms with Crippen LogP contribution >= 0.6 is 11.6 Å². The van der Waals surface area contributed by atoms with Crippen LogP contribution in [-0.2, 0) is 11.3 Å². The summed E-state index contributed by atoms with van der Waals surface area (Å²) in [6.07, 6.45) is 0. The molecule has 2 rings (SSSR count). The number of rotatable bonds is 6. The lowest BCUT2D eigenvalue weighted by Crippen LogP contribution is -2.43. The number of hydrogen-bond donors (Lipinski definition) is 1. The van der Waals surface area contributed by atoms with E-state index in [4.69, 9.17) is 11.6 Å². The van der Waals surface area contributed by atoms with Gasteiger partial charge in [-0.3, -0.25) is 9.69 Å². The molecule has 0 spiro atoms. The fourth-order valence-corrected chi connectivity index (χ4v) is 2.59. The van der Waals surface area contributed by atoms with Crippen LogP contribution in [0.15, 0.2) is 54.6 Å². The van der Waals surface area contributed by atoms with Crippen LogP contribution in [0, 0.1) is 0 Å². The summed E-state index contributed by atoms with van der Waals surface area (Å²) in [4.78, 5) is 14.5. The Morgan fingerprint density at radius 2 is 1.70 bits per heavy atom. The summed E-state index contributed by atoms with van der Waals surface area (Å²) in [6, 6.07) is 17.4. The number of benzene rings is 2. The van der Waals surface area contributed by atoms with Crippen LogP contribution in [-0.4, -0.2) is 23.9 Å². The van der Waals surface area contributed by atoms with Crippen molar-refractivity contribution in [2.24, 2.45) is 0 Å². The zero-order chi connectivity index (χ0) is 16.8. The van der Waals surface area contributed by atoms with Gasteiger partial charge in [0.25, 0.3) is 0 Å². The highest BCUT2D eigenvalue weighted by atomic mass is 35.5. The van der Waals surface area contributed by atoms with Gasteiger partial charge in [0.2, 0.25) is 5.91 Å². The van der Waals surface area contributed by atoms with Crippen molar-refractivity contribution in [2.45, 2.75) is 32.5 Å². The van der Waals surface area contributed by atoms with Crippen LogP contribution in [0.25, 0.3) is 0 Å². The molecule has 1 amide bonds. The molecule has 0 saturated carbocycles. The van der Waals surface area contributed by atoms with Gasteiger partial charge in [-0.1, -0.05) is 60.1 Å². The standard InChI is InChI=1S/C19H23ClN2O/c1-14(16-9-5-4-6-10-16)21-19(23)15(2)22(3)13-17-11-7-8-12-18(17)20/h4-12,14-15H,13H2,1-3H3,(H,21,23). The molecule has 0 radical (unpaired) electrons. The van der Waals surface area contributed by atoms with Gasteiger partial charge in [0.05, 0.1) is 12.1 Å². The maximum atomic E-state index is 12.5. The summed E-state index contributed by atoms with van der Waals surface area (Å²) in [5, 5.41) is 3.79. The molecule has 1 N–H and O–H groups in total. The van der Waals surface area contributed by atoms with E-state index in [2.05, 4.69) is 5.32 Å². The average molecular weight is 331 g/mol. The summed E-state index contributed by atoms with van der Waals surface area (Å²) in [5.41, 5.74) is 2.12. The van der Waals surface area contributed by atoms with Gasteiger partial charge in [0, 0.05) is 11.6 Å². The van der Waals surface area contributed by atoms with Crippen molar-refractivity contribution in [3.63, 3.8) is 0 Å². The van der Waals surface area contributed by atoms with E-state index in [9.17, 15) is 4.79 Å². The Kier molecular flexibility index (Phi) is 6.20. The van der Waals surface area contributed by atoms with Crippen molar-refractivity contribution < 1.29 is 4.79 Å². The number of carbonyl (C=O) groups excluding carboxylic acids is 1. The van der Waals surface area contributed by atoms with Crippen molar-refractivity contribution in [1.29, 1.82) is 0 Å². The monoisotopic (exact) mass is 330 g/mol. The van der Waals surface area contributed by atoms with Gasteiger partial charge in [0.15, 0.2) is 0 Å². The third kappa shape index (κ3) is 4.81. The lowest BCUT2D eigenvalue weighted by Gasteiger charge is -2.26. The highest BCUT2D eigenvalue weighted by molar-refractivity contribution is 6.31. The summed E-state index contributed by atoms with van der Waals surface area (Å²) in [6.45, 7) is 4.53. The van der Waals surface area contributed by atoms with Crippen LogP contribution in [0.2, 0.25) is 5.02 Å². The zero-order valence-corrected chi connectivity index (χ0v) is 14.5. The summed E-state index contributed by atoms with van der Waals surface area (Å²) in [7, 11) is 1.93. The second-order valence-electron chi connectivity index (χ2n) is 5.82. The van der Waals surface area contributed by atoms with Crippen LogP contribution in [0.1, 0.15) is 31.0 Å². The Bertz CT molecular complexity index is 645. The Hall–Kier alpha value is -1.84. The fraction of sp³-hybridized carbons (Fsp3) is 0.316. The highest BCUT2D eigenvalue weighted by Gasteiger charge is 2.20. The maximum Gasteiger partial charge on any atom is 0.237 e. The van der Waals surface area contributed by atoms with Gasteiger partial charge in [-0.25, -0.2) is 0 Å². The second kappa shape index (κ2) is 8.14. The Morgan fingerprint density at radius 1 is 1.09 bits per heavy atom. The molecule has 3 nitrogen and oxygen atoms in total. The predicted octanol–water partition coefficient (Wildman–Crippen LogP) is 4.04. The molecular formula is C19H23ClN2O. The molecule has 4 heteroatoms. The molecule has 0 saturated heterocycles. The van der Waals surface area contributed by atoms with Gasteiger partial charge in [-0.05, 0) is 38.1 Å². The molecule has 122 valence electrons. The van der Waals surface area contributed by atoms with Crippen molar-refractivity contribution in [2.75, 3.05) is 7.05 Å². The first kappa shape index (κ1) is 17.5. The molecule has 0 bridgehead atoms. The van der Waals surface area contributed by atoms with Crippen molar-refractivity contribution in [3.8, 4) is 0 Å². The highest BCUT2D eigenvalue weighted by Crippen LogP contribution is 2.18. The molecule has 2 atom stereocenters. The molecule has 2 aromatic rings.